The van der Waals surface area contributed by atoms with E-state index in [0.29, 0.717) is 11.4 Å². The number of hydrogen-bond acceptors (Lipinski definition) is 9. The molecule has 2 N–H and O–H groups in total. The molecule has 13 nitrogen and oxygen atoms in total. The van der Waals surface area contributed by atoms with Gasteiger partial charge in [0.15, 0.2) is 12.4 Å². The molecule has 0 saturated heterocycles. The predicted octanol–water partition coefficient (Wildman–Crippen LogP) is 0.764. The molecule has 32 heavy (non-hydrogen) atoms. The fourth-order valence-electron chi connectivity index (χ4n) is 2.82. The van der Waals surface area contributed by atoms with Crippen molar-refractivity contribution in [1.82, 2.24) is 30.6 Å². The number of ether oxygens (including phenoxy) is 1. The average molecular weight is 443 g/mol. The first kappa shape index (κ1) is 22.4. The SMILES string of the molecule is Cc1nn(Cc2noc(C(=O)NCCNC(=O)COc3ccccc3)n2)c(C)c1[N+](=O)[O-]. The third kappa shape index (κ3) is 5.65. The van der Waals surface area contributed by atoms with Gasteiger partial charge in [0.2, 0.25) is 0 Å². The molecule has 13 heteroatoms. The molecule has 0 saturated carbocycles. The molecule has 1 aromatic carbocycles. The Hall–Kier alpha value is -4.29. The van der Waals surface area contributed by atoms with Crippen molar-refractivity contribution in [2.24, 2.45) is 0 Å². The van der Waals surface area contributed by atoms with Crippen molar-refractivity contribution in [2.45, 2.75) is 20.4 Å². The second kappa shape index (κ2) is 10.1. The van der Waals surface area contributed by atoms with Crippen LogP contribution < -0.4 is 15.4 Å². The highest BCUT2D eigenvalue weighted by atomic mass is 16.6. The maximum atomic E-state index is 12.1. The molecule has 0 bridgehead atoms. The minimum atomic E-state index is -0.613. The van der Waals surface area contributed by atoms with Crippen molar-refractivity contribution in [2.75, 3.05) is 19.7 Å². The minimum absolute atomic E-state index is 0.00870. The third-order valence-electron chi connectivity index (χ3n) is 4.33. The van der Waals surface area contributed by atoms with Crippen LogP contribution in [0.4, 0.5) is 5.69 Å². The summed E-state index contributed by atoms with van der Waals surface area (Å²) in [7, 11) is 0. The van der Waals surface area contributed by atoms with Crippen LogP contribution in [0.2, 0.25) is 0 Å². The van der Waals surface area contributed by atoms with E-state index in [1.807, 2.05) is 6.07 Å². The topological polar surface area (TPSA) is 167 Å². The van der Waals surface area contributed by atoms with E-state index in [1.165, 1.54) is 11.6 Å². The minimum Gasteiger partial charge on any atom is -0.484 e. The lowest BCUT2D eigenvalue weighted by Gasteiger charge is -2.07. The highest BCUT2D eigenvalue weighted by molar-refractivity contribution is 5.89. The second-order valence-corrected chi connectivity index (χ2v) is 6.66. The summed E-state index contributed by atoms with van der Waals surface area (Å²) in [6, 6.07) is 8.91. The molecule has 0 spiro atoms. The molecule has 3 aromatic rings. The zero-order valence-electron chi connectivity index (χ0n) is 17.4. The van der Waals surface area contributed by atoms with E-state index >= 15 is 0 Å². The van der Waals surface area contributed by atoms with Crippen LogP contribution in [0.15, 0.2) is 34.9 Å². The van der Waals surface area contributed by atoms with E-state index in [-0.39, 0.29) is 55.2 Å². The molecule has 0 radical (unpaired) electrons. The summed E-state index contributed by atoms with van der Waals surface area (Å²) in [6.07, 6.45) is 0. The van der Waals surface area contributed by atoms with Crippen LogP contribution in [0.1, 0.15) is 27.9 Å². The number of rotatable bonds is 10. The Morgan fingerprint density at radius 1 is 1.19 bits per heavy atom. The smallest absolute Gasteiger partial charge is 0.316 e. The summed E-state index contributed by atoms with van der Waals surface area (Å²) in [5, 5.41) is 24.0. The number of carbonyl (C=O) groups excluding carboxylic acids is 2. The molecule has 168 valence electrons. The van der Waals surface area contributed by atoms with Crippen LogP contribution in [0.5, 0.6) is 5.75 Å². The van der Waals surface area contributed by atoms with Crippen molar-refractivity contribution >= 4 is 17.5 Å². The van der Waals surface area contributed by atoms with Crippen LogP contribution in [-0.4, -0.2) is 56.4 Å². The highest BCUT2D eigenvalue weighted by Gasteiger charge is 2.23. The van der Waals surface area contributed by atoms with E-state index in [1.54, 1.807) is 31.2 Å². The number of nitro groups is 1. The molecule has 0 unspecified atom stereocenters. The molecular formula is C19H21N7O6. The van der Waals surface area contributed by atoms with E-state index < -0.39 is 10.8 Å². The van der Waals surface area contributed by atoms with E-state index in [0.717, 1.165) is 0 Å². The third-order valence-corrected chi connectivity index (χ3v) is 4.33. The number of benzene rings is 1. The van der Waals surface area contributed by atoms with Crippen LogP contribution >= 0.6 is 0 Å². The van der Waals surface area contributed by atoms with Gasteiger partial charge in [0.1, 0.15) is 23.7 Å². The molecule has 0 aliphatic rings. The van der Waals surface area contributed by atoms with Crippen LogP contribution in [0, 0.1) is 24.0 Å². The summed E-state index contributed by atoms with van der Waals surface area (Å²) < 4.78 is 11.6. The van der Waals surface area contributed by atoms with Crippen LogP contribution in [0.3, 0.4) is 0 Å². The van der Waals surface area contributed by atoms with Crippen LogP contribution in [-0.2, 0) is 11.3 Å². The van der Waals surface area contributed by atoms with E-state index in [2.05, 4.69) is 25.9 Å². The molecule has 0 fully saturated rings. The number of aryl methyl sites for hydroxylation is 1. The van der Waals surface area contributed by atoms with Gasteiger partial charge in [-0.1, -0.05) is 23.4 Å². The number of para-hydroxylation sites is 1. The van der Waals surface area contributed by atoms with Gasteiger partial charge in [-0.3, -0.25) is 24.4 Å². The summed E-state index contributed by atoms with van der Waals surface area (Å²) in [4.78, 5) is 38.4. The maximum absolute atomic E-state index is 12.1. The number of carbonyl (C=O) groups is 2. The first-order chi connectivity index (χ1) is 15.3. The number of aromatic nitrogens is 4. The molecule has 2 heterocycles. The lowest BCUT2D eigenvalue weighted by Crippen LogP contribution is -2.36. The zero-order valence-corrected chi connectivity index (χ0v) is 17.4. The molecule has 2 aromatic heterocycles. The summed E-state index contributed by atoms with van der Waals surface area (Å²) in [6.45, 7) is 3.27. The van der Waals surface area contributed by atoms with Gasteiger partial charge >= 0.3 is 17.5 Å². The van der Waals surface area contributed by atoms with Gasteiger partial charge in [-0.25, -0.2) is 0 Å². The lowest BCUT2D eigenvalue weighted by molar-refractivity contribution is -0.386. The molecule has 0 atom stereocenters. The Kier molecular flexibility index (Phi) is 7.10. The van der Waals surface area contributed by atoms with Crippen molar-refractivity contribution in [3.8, 4) is 5.75 Å². The number of nitrogens with one attached hydrogen (secondary N) is 2. The Labute approximate surface area is 181 Å². The Balaban J connectivity index is 1.42. The van der Waals surface area contributed by atoms with Crippen molar-refractivity contribution in [3.63, 3.8) is 0 Å². The van der Waals surface area contributed by atoms with E-state index in [9.17, 15) is 19.7 Å². The highest BCUT2D eigenvalue weighted by Crippen LogP contribution is 2.22. The maximum Gasteiger partial charge on any atom is 0.316 e. The Bertz CT molecular complexity index is 1110. The first-order valence-electron chi connectivity index (χ1n) is 9.59. The molecule has 0 aliphatic heterocycles. The summed E-state index contributed by atoms with van der Waals surface area (Å²) in [5.41, 5.74) is 0.531. The zero-order chi connectivity index (χ0) is 23.1. The predicted molar refractivity (Wildman–Crippen MR) is 109 cm³/mol. The number of nitrogens with zero attached hydrogens (tertiary/aromatic N) is 5. The van der Waals surface area contributed by atoms with Gasteiger partial charge in [0.25, 0.3) is 5.91 Å². The van der Waals surface area contributed by atoms with Gasteiger partial charge in [0, 0.05) is 13.1 Å². The van der Waals surface area contributed by atoms with Gasteiger partial charge < -0.3 is 19.9 Å². The van der Waals surface area contributed by atoms with Gasteiger partial charge in [0.05, 0.1) is 4.92 Å². The molecular weight excluding hydrogens is 422 g/mol. The Morgan fingerprint density at radius 3 is 2.59 bits per heavy atom. The van der Waals surface area contributed by atoms with Gasteiger partial charge in [-0.15, -0.1) is 0 Å². The van der Waals surface area contributed by atoms with Crippen molar-refractivity contribution in [1.29, 1.82) is 0 Å². The average Bonchev–Trinajstić information content (AvgIpc) is 3.34. The number of hydrogen-bond donors (Lipinski definition) is 2. The standard InChI is InChI=1S/C19H21N7O6/c1-12-17(26(29)30)13(2)25(23-12)10-15-22-19(32-24-15)18(28)21-9-8-20-16(27)11-31-14-6-4-3-5-7-14/h3-7H,8-11H2,1-2H3,(H,20,27)(H,21,28). The van der Waals surface area contributed by atoms with Gasteiger partial charge in [-0.05, 0) is 26.0 Å². The van der Waals surface area contributed by atoms with Gasteiger partial charge in [-0.2, -0.15) is 10.1 Å². The number of amides is 2. The Morgan fingerprint density at radius 2 is 1.91 bits per heavy atom. The summed E-state index contributed by atoms with van der Waals surface area (Å²) >= 11 is 0. The monoisotopic (exact) mass is 443 g/mol. The molecule has 3 rings (SSSR count). The molecule has 0 aliphatic carbocycles. The normalized spacial score (nSPS) is 10.6. The van der Waals surface area contributed by atoms with Crippen LogP contribution in [0.25, 0.3) is 0 Å². The fraction of sp³-hybridized carbons (Fsp3) is 0.316. The molecule has 2 amide bonds. The summed E-state index contributed by atoms with van der Waals surface area (Å²) in [5.74, 6) is -0.491. The fourth-order valence-corrected chi connectivity index (χ4v) is 2.82. The lowest BCUT2D eigenvalue weighted by atomic mass is 10.3. The van der Waals surface area contributed by atoms with Crippen molar-refractivity contribution < 1.29 is 23.8 Å². The second-order valence-electron chi connectivity index (χ2n) is 6.66. The largest absolute Gasteiger partial charge is 0.484 e. The quantitative estimate of drug-likeness (QED) is 0.261. The first-order valence-corrected chi connectivity index (χ1v) is 9.59. The van der Waals surface area contributed by atoms with E-state index in [4.69, 9.17) is 9.26 Å². The van der Waals surface area contributed by atoms with Crippen molar-refractivity contribution in [3.05, 3.63) is 63.5 Å².